The highest BCUT2D eigenvalue weighted by molar-refractivity contribution is 7.92. The second kappa shape index (κ2) is 10.3. The lowest BCUT2D eigenvalue weighted by molar-refractivity contribution is -0.0436. The number of aromatic nitrogens is 1. The maximum absolute atomic E-state index is 12.7. The summed E-state index contributed by atoms with van der Waals surface area (Å²) in [5.41, 5.74) is -3.24. The van der Waals surface area contributed by atoms with Crippen LogP contribution in [0.25, 0.3) is 0 Å². The molecular formula is C23H21ClF3N5O3S. The van der Waals surface area contributed by atoms with Gasteiger partial charge in [-0.2, -0.15) is 13.2 Å². The van der Waals surface area contributed by atoms with Crippen LogP contribution in [0.5, 0.6) is 0 Å². The monoisotopic (exact) mass is 539 g/mol. The molecule has 1 fully saturated rings. The third-order valence-corrected chi connectivity index (χ3v) is 7.20. The van der Waals surface area contributed by atoms with Crippen molar-refractivity contribution in [2.45, 2.75) is 16.9 Å². The molecule has 2 heterocycles. The van der Waals surface area contributed by atoms with Gasteiger partial charge in [-0.3, -0.25) is 10.2 Å². The van der Waals surface area contributed by atoms with Gasteiger partial charge in [-0.05, 0) is 66.2 Å². The number of alkyl halides is 3. The first kappa shape index (κ1) is 25.7. The summed E-state index contributed by atoms with van der Waals surface area (Å²) in [4.78, 5) is 19.7. The second-order valence-corrected chi connectivity index (χ2v) is 10.4. The summed E-state index contributed by atoms with van der Waals surface area (Å²) in [6.45, 7) is 2.34. The zero-order valence-electron chi connectivity index (χ0n) is 18.7. The molecule has 4 rings (SSSR count). The van der Waals surface area contributed by atoms with Gasteiger partial charge in [0.15, 0.2) is 0 Å². The molecule has 3 aromatic rings. The number of amides is 2. The van der Waals surface area contributed by atoms with Crippen LogP contribution in [-0.4, -0.2) is 49.6 Å². The van der Waals surface area contributed by atoms with E-state index in [0.717, 1.165) is 17.7 Å². The minimum atomic E-state index is -5.38. The molecule has 1 aliphatic rings. The maximum Gasteiger partial charge on any atom is 0.501 e. The van der Waals surface area contributed by atoms with Crippen molar-refractivity contribution < 1.29 is 26.4 Å². The first-order valence-corrected chi connectivity index (χ1v) is 12.5. The Hall–Kier alpha value is -3.35. The van der Waals surface area contributed by atoms with Gasteiger partial charge in [0.2, 0.25) is 0 Å². The Labute approximate surface area is 210 Å². The summed E-state index contributed by atoms with van der Waals surface area (Å²) in [5.74, 6) is 0.372. The molecule has 0 spiro atoms. The molecule has 13 heteroatoms. The van der Waals surface area contributed by atoms with Crippen molar-refractivity contribution in [1.29, 1.82) is 0 Å². The average molecular weight is 540 g/mol. The fourth-order valence-corrected chi connectivity index (χ4v) is 4.55. The van der Waals surface area contributed by atoms with Crippen LogP contribution < -0.4 is 15.5 Å². The van der Waals surface area contributed by atoms with Crippen LogP contribution in [-0.2, 0) is 16.4 Å². The lowest BCUT2D eigenvalue weighted by Crippen LogP contribution is -2.25. The number of hydrogen-bond donors (Lipinski definition) is 2. The van der Waals surface area contributed by atoms with Gasteiger partial charge in [0, 0.05) is 42.2 Å². The minimum absolute atomic E-state index is 0.372. The Morgan fingerprint density at radius 1 is 1.00 bits per heavy atom. The second-order valence-electron chi connectivity index (χ2n) is 8.04. The lowest BCUT2D eigenvalue weighted by Gasteiger charge is -2.20. The van der Waals surface area contributed by atoms with Gasteiger partial charge in [0.25, 0.3) is 9.84 Å². The van der Waals surface area contributed by atoms with Gasteiger partial charge in [-0.1, -0.05) is 11.6 Å². The summed E-state index contributed by atoms with van der Waals surface area (Å²) >= 11 is 5.84. The predicted octanol–water partition coefficient (Wildman–Crippen LogP) is 4.95. The van der Waals surface area contributed by atoms with Gasteiger partial charge in [-0.15, -0.1) is 0 Å². The third kappa shape index (κ3) is 6.07. The molecule has 0 bridgehead atoms. The van der Waals surface area contributed by atoms with Gasteiger partial charge < -0.3 is 10.2 Å². The quantitative estimate of drug-likeness (QED) is 0.460. The largest absolute Gasteiger partial charge is 0.501 e. The third-order valence-electron chi connectivity index (χ3n) is 5.45. The van der Waals surface area contributed by atoms with Crippen molar-refractivity contribution in [3.63, 3.8) is 0 Å². The normalized spacial score (nSPS) is 14.6. The van der Waals surface area contributed by atoms with Gasteiger partial charge in [0.05, 0.1) is 11.6 Å². The predicted molar refractivity (Wildman–Crippen MR) is 131 cm³/mol. The number of anilines is 3. The molecule has 2 aromatic carbocycles. The lowest BCUT2D eigenvalue weighted by atomic mass is 10.2. The van der Waals surface area contributed by atoms with E-state index in [9.17, 15) is 26.4 Å². The van der Waals surface area contributed by atoms with Crippen LogP contribution in [0, 0.1) is 0 Å². The van der Waals surface area contributed by atoms with Crippen molar-refractivity contribution in [3.8, 4) is 0 Å². The molecule has 190 valence electrons. The highest BCUT2D eigenvalue weighted by Crippen LogP contribution is 2.31. The van der Waals surface area contributed by atoms with Crippen molar-refractivity contribution in [3.05, 3.63) is 77.4 Å². The van der Waals surface area contributed by atoms with Gasteiger partial charge >= 0.3 is 11.5 Å². The van der Waals surface area contributed by atoms with Gasteiger partial charge in [-0.25, -0.2) is 18.2 Å². The molecule has 8 nitrogen and oxygen atoms in total. The van der Waals surface area contributed by atoms with E-state index in [2.05, 4.69) is 20.5 Å². The minimum Gasteiger partial charge on any atom is -0.357 e. The highest BCUT2D eigenvalue weighted by atomic mass is 35.5. The number of nitrogens with zero attached hydrogens (tertiary/aromatic N) is 3. The summed E-state index contributed by atoms with van der Waals surface area (Å²) < 4.78 is 61.3. The van der Waals surface area contributed by atoms with E-state index in [4.69, 9.17) is 11.6 Å². The Morgan fingerprint density at radius 2 is 1.69 bits per heavy atom. The standard InChI is InChI=1S/C23H21ClF3N5O3S/c24-17-1-3-18(4-2-17)29-22(33)30-21-13-16(9-10-28-21)14-31-11-12-32(15-31)19-5-7-20(8-6-19)36(34,35)23(25,26)27/h1-10,13H,11-12,14-15H2,(H2,28,29,30,33). The number of carbonyl (C=O) groups is 1. The number of rotatable bonds is 6. The van der Waals surface area contributed by atoms with E-state index in [1.54, 1.807) is 36.5 Å². The fourth-order valence-electron chi connectivity index (χ4n) is 3.67. The molecule has 0 saturated carbocycles. The van der Waals surface area contributed by atoms with Crippen LogP contribution in [0.4, 0.5) is 35.2 Å². The summed E-state index contributed by atoms with van der Waals surface area (Å²) in [7, 11) is -5.38. The van der Waals surface area contributed by atoms with Crippen LogP contribution in [0.3, 0.4) is 0 Å². The van der Waals surface area contributed by atoms with Crippen molar-refractivity contribution in [2.75, 3.05) is 35.3 Å². The van der Waals surface area contributed by atoms with Crippen molar-refractivity contribution >= 4 is 44.7 Å². The summed E-state index contributed by atoms with van der Waals surface area (Å²) in [6, 6.07) is 14.5. The number of benzene rings is 2. The van der Waals surface area contributed by atoms with Crippen LogP contribution in [0.15, 0.2) is 71.8 Å². The summed E-state index contributed by atoms with van der Waals surface area (Å²) in [6.07, 6.45) is 1.58. The Bertz CT molecular complexity index is 1340. The van der Waals surface area contributed by atoms with Crippen LogP contribution in [0.1, 0.15) is 5.56 Å². The van der Waals surface area contributed by atoms with E-state index in [-0.39, 0.29) is 0 Å². The maximum atomic E-state index is 12.7. The molecule has 0 unspecified atom stereocenters. The van der Waals surface area contributed by atoms with Crippen LogP contribution >= 0.6 is 11.6 Å². The Balaban J connectivity index is 1.33. The molecule has 2 N–H and O–H groups in total. The highest BCUT2D eigenvalue weighted by Gasteiger charge is 2.46. The molecule has 2 amide bonds. The van der Waals surface area contributed by atoms with E-state index >= 15 is 0 Å². The fraction of sp³-hybridized carbons (Fsp3) is 0.217. The van der Waals surface area contributed by atoms with E-state index in [0.29, 0.717) is 48.5 Å². The molecular weight excluding hydrogens is 519 g/mol. The number of halogens is 4. The first-order chi connectivity index (χ1) is 17.0. The molecule has 1 aliphatic heterocycles. The smallest absolute Gasteiger partial charge is 0.357 e. The molecule has 1 aromatic heterocycles. The topological polar surface area (TPSA) is 94.6 Å². The number of sulfone groups is 1. The average Bonchev–Trinajstić information content (AvgIpc) is 3.28. The number of urea groups is 1. The molecule has 1 saturated heterocycles. The Kier molecular flexibility index (Phi) is 7.38. The SMILES string of the molecule is O=C(Nc1ccc(Cl)cc1)Nc1cc(CN2CCN(c3ccc(S(=O)(=O)C(F)(F)F)cc3)C2)ccn1. The van der Waals surface area contributed by atoms with E-state index in [1.165, 1.54) is 12.1 Å². The Morgan fingerprint density at radius 3 is 2.36 bits per heavy atom. The van der Waals surface area contributed by atoms with Crippen LogP contribution in [0.2, 0.25) is 5.02 Å². The number of carbonyl (C=O) groups excluding carboxylic acids is 1. The van der Waals surface area contributed by atoms with E-state index in [1.807, 2.05) is 11.0 Å². The number of hydrogen-bond acceptors (Lipinski definition) is 6. The first-order valence-electron chi connectivity index (χ1n) is 10.7. The zero-order chi connectivity index (χ0) is 25.9. The number of nitrogens with one attached hydrogen (secondary N) is 2. The van der Waals surface area contributed by atoms with Crippen molar-refractivity contribution in [1.82, 2.24) is 9.88 Å². The summed E-state index contributed by atoms with van der Waals surface area (Å²) in [5, 5.41) is 5.93. The molecule has 0 radical (unpaired) electrons. The molecule has 0 aliphatic carbocycles. The molecule has 0 atom stereocenters. The van der Waals surface area contributed by atoms with Crippen molar-refractivity contribution in [2.24, 2.45) is 0 Å². The zero-order valence-corrected chi connectivity index (χ0v) is 20.2. The van der Waals surface area contributed by atoms with Gasteiger partial charge in [0.1, 0.15) is 5.82 Å². The number of pyridine rings is 1. The van der Waals surface area contributed by atoms with E-state index < -0.39 is 26.3 Å². The molecule has 36 heavy (non-hydrogen) atoms.